The van der Waals surface area contributed by atoms with Crippen molar-refractivity contribution in [3.8, 4) is 0 Å². The Labute approximate surface area is 278 Å². The molecule has 47 heavy (non-hydrogen) atoms. The Morgan fingerprint density at radius 3 is 2.62 bits per heavy atom. The number of allylic oxidation sites excluding steroid dienone is 1. The van der Waals surface area contributed by atoms with E-state index in [2.05, 4.69) is 31.6 Å². The average molecular weight is 706 g/mol. The van der Waals surface area contributed by atoms with E-state index >= 15 is 0 Å². The standard InChI is InChI=1S/C33H33BrN6O7/c34-21-17-33-27-26(28(21)47-33)30(43)35-23(20-9-3-1-4-10-20)18-46-25(42)13-5-2-8-14-38(32(45)29(33)39(15-16-41)31(27)44)19-40-24-12-7-6-11-22(24)36-37-40/h1-4,6-12,17,23,26-29,41H,5,13-16,18-19H2,(H,35,43)/b8-2-/t23-,26-,27+,28-,29-,33+/m0/s1. The smallest absolute Gasteiger partial charge is 0.306 e. The SMILES string of the molecule is O=C1CC/C=C\CN(Cn2nnc3ccccc32)C(=O)[C@@H]2N(CCO)C(=O)[C@H]3[C@H](C(=O)N[C@H](c4ccccc4)CO1)[C@H]1O[C@@]23C=C1Br. The zero-order chi connectivity index (χ0) is 32.7. The van der Waals surface area contributed by atoms with Gasteiger partial charge >= 0.3 is 5.97 Å². The highest BCUT2D eigenvalue weighted by Crippen LogP contribution is 2.58. The van der Waals surface area contributed by atoms with Crippen molar-refractivity contribution in [2.45, 2.75) is 43.3 Å². The number of nitrogens with zero attached hydrogens (tertiary/aromatic N) is 5. The third-order valence-electron chi connectivity index (χ3n) is 9.28. The van der Waals surface area contributed by atoms with Crippen LogP contribution in [0.3, 0.4) is 0 Å². The van der Waals surface area contributed by atoms with Gasteiger partial charge in [0.1, 0.15) is 36.5 Å². The minimum atomic E-state index is -1.47. The quantitative estimate of drug-likeness (QED) is 0.299. The summed E-state index contributed by atoms with van der Waals surface area (Å²) in [7, 11) is 0. The zero-order valence-corrected chi connectivity index (χ0v) is 26.9. The van der Waals surface area contributed by atoms with Crippen LogP contribution in [0, 0.1) is 11.8 Å². The molecule has 4 aliphatic heterocycles. The lowest BCUT2D eigenvalue weighted by Crippen LogP contribution is -2.56. The molecule has 244 valence electrons. The fourth-order valence-corrected chi connectivity index (χ4v) is 7.90. The van der Waals surface area contributed by atoms with Crippen LogP contribution < -0.4 is 5.32 Å². The molecule has 5 heterocycles. The average Bonchev–Trinajstić information content (AvgIpc) is 3.79. The fraction of sp³-hybridized carbons (Fsp3) is 0.394. The molecule has 3 amide bonds. The van der Waals surface area contributed by atoms with Crippen molar-refractivity contribution in [2.24, 2.45) is 11.8 Å². The van der Waals surface area contributed by atoms with E-state index in [0.717, 1.165) is 5.56 Å². The molecule has 2 aromatic carbocycles. The molecule has 4 aliphatic rings. The van der Waals surface area contributed by atoms with Gasteiger partial charge in [-0.3, -0.25) is 19.2 Å². The molecular formula is C33H33BrN6O7. The lowest BCUT2D eigenvalue weighted by Gasteiger charge is -2.35. The van der Waals surface area contributed by atoms with Crippen molar-refractivity contribution < 1.29 is 33.8 Å². The van der Waals surface area contributed by atoms with Gasteiger partial charge in [0.05, 0.1) is 30.0 Å². The van der Waals surface area contributed by atoms with E-state index < -0.39 is 65.9 Å². The van der Waals surface area contributed by atoms with Crippen LogP contribution >= 0.6 is 15.9 Å². The lowest BCUT2D eigenvalue weighted by atomic mass is 9.74. The number of fused-ring (bicyclic) bond motifs is 3. The summed E-state index contributed by atoms with van der Waals surface area (Å²) in [5, 5.41) is 21.5. The number of halogens is 1. The Kier molecular flexibility index (Phi) is 8.41. The molecule has 13 nitrogen and oxygen atoms in total. The highest BCUT2D eigenvalue weighted by atomic mass is 79.9. The summed E-state index contributed by atoms with van der Waals surface area (Å²) in [5.74, 6) is -3.83. The minimum absolute atomic E-state index is 0.00110. The Morgan fingerprint density at radius 1 is 1.02 bits per heavy atom. The van der Waals surface area contributed by atoms with Crippen molar-refractivity contribution in [3.63, 3.8) is 0 Å². The minimum Gasteiger partial charge on any atom is -0.463 e. The predicted molar refractivity (Wildman–Crippen MR) is 170 cm³/mol. The van der Waals surface area contributed by atoms with Gasteiger partial charge in [-0.25, -0.2) is 4.68 Å². The van der Waals surface area contributed by atoms with Crippen LogP contribution in [0.25, 0.3) is 11.0 Å². The first-order valence-corrected chi connectivity index (χ1v) is 16.3. The van der Waals surface area contributed by atoms with Crippen molar-refractivity contribution in [1.29, 1.82) is 0 Å². The molecule has 2 N–H and O–H groups in total. The topological polar surface area (TPSA) is 156 Å². The van der Waals surface area contributed by atoms with Crippen molar-refractivity contribution in [3.05, 3.63) is 82.9 Å². The van der Waals surface area contributed by atoms with Gasteiger partial charge < -0.3 is 29.7 Å². The van der Waals surface area contributed by atoms with Gasteiger partial charge in [-0.1, -0.05) is 75.8 Å². The predicted octanol–water partition coefficient (Wildman–Crippen LogP) is 1.83. The largest absolute Gasteiger partial charge is 0.463 e. The van der Waals surface area contributed by atoms with Gasteiger partial charge in [-0.2, -0.15) is 0 Å². The number of benzene rings is 2. The van der Waals surface area contributed by atoms with E-state index in [-0.39, 0.29) is 32.8 Å². The highest BCUT2D eigenvalue weighted by molar-refractivity contribution is 9.11. The van der Waals surface area contributed by atoms with Crippen LogP contribution in [0.5, 0.6) is 0 Å². The molecule has 0 unspecified atom stereocenters. The second kappa shape index (κ2) is 12.7. The Hall–Kier alpha value is -4.40. The normalized spacial score (nSPS) is 30.3. The van der Waals surface area contributed by atoms with E-state index in [1.165, 1.54) is 9.80 Å². The van der Waals surface area contributed by atoms with Crippen LogP contribution in [0.1, 0.15) is 24.4 Å². The number of amides is 3. The first-order chi connectivity index (χ1) is 22.8. The maximum Gasteiger partial charge on any atom is 0.306 e. The number of likely N-dealkylation sites (tertiary alicyclic amines) is 1. The van der Waals surface area contributed by atoms with Crippen LogP contribution in [0.4, 0.5) is 0 Å². The molecule has 2 fully saturated rings. The molecule has 0 radical (unpaired) electrons. The number of aromatic nitrogens is 3. The first-order valence-electron chi connectivity index (χ1n) is 15.5. The first kappa shape index (κ1) is 31.2. The summed E-state index contributed by atoms with van der Waals surface area (Å²) in [6.07, 6.45) is 4.96. The lowest BCUT2D eigenvalue weighted by molar-refractivity contribution is -0.149. The van der Waals surface area contributed by atoms with Gasteiger partial charge in [0.2, 0.25) is 11.8 Å². The van der Waals surface area contributed by atoms with E-state index in [1.54, 1.807) is 22.9 Å². The maximum atomic E-state index is 14.7. The van der Waals surface area contributed by atoms with Gasteiger partial charge in [-0.05, 0) is 30.2 Å². The van der Waals surface area contributed by atoms with Gasteiger partial charge in [0.25, 0.3) is 5.91 Å². The van der Waals surface area contributed by atoms with E-state index in [1.807, 2.05) is 54.6 Å². The number of carbonyl (C=O) groups is 4. The maximum absolute atomic E-state index is 14.7. The van der Waals surface area contributed by atoms with Gasteiger partial charge in [0.15, 0.2) is 0 Å². The Bertz CT molecular complexity index is 1780. The Morgan fingerprint density at radius 2 is 1.81 bits per heavy atom. The van der Waals surface area contributed by atoms with Crippen LogP contribution in [0.15, 0.2) is 77.3 Å². The third kappa shape index (κ3) is 5.43. The molecular weight excluding hydrogens is 672 g/mol. The molecule has 1 spiro atoms. The molecule has 2 saturated heterocycles. The number of hydrogen-bond donors (Lipinski definition) is 2. The zero-order valence-electron chi connectivity index (χ0n) is 25.3. The molecule has 7 rings (SSSR count). The molecule has 5 bridgehead atoms. The van der Waals surface area contributed by atoms with Crippen molar-refractivity contribution in [1.82, 2.24) is 30.1 Å². The van der Waals surface area contributed by atoms with E-state index in [9.17, 15) is 24.3 Å². The van der Waals surface area contributed by atoms with Gasteiger partial charge in [0, 0.05) is 24.0 Å². The number of nitrogens with one attached hydrogen (secondary N) is 1. The second-order valence-corrected chi connectivity index (χ2v) is 12.9. The molecule has 3 aromatic rings. The fourth-order valence-electron chi connectivity index (χ4n) is 7.16. The van der Waals surface area contributed by atoms with Crippen LogP contribution in [-0.2, 0) is 35.3 Å². The summed E-state index contributed by atoms with van der Waals surface area (Å²) >= 11 is 3.56. The molecule has 0 aliphatic carbocycles. The number of aliphatic hydroxyl groups is 1. The number of aliphatic hydroxyl groups excluding tert-OH is 1. The van der Waals surface area contributed by atoms with Crippen molar-refractivity contribution in [2.75, 3.05) is 26.3 Å². The number of esters is 1. The number of cyclic esters (lactones) is 1. The number of rotatable bonds is 5. The molecule has 1 aromatic heterocycles. The Balaban J connectivity index is 1.30. The summed E-state index contributed by atoms with van der Waals surface area (Å²) in [5.41, 5.74) is 0.628. The molecule has 6 atom stereocenters. The van der Waals surface area contributed by atoms with Crippen LogP contribution in [0.2, 0.25) is 0 Å². The summed E-state index contributed by atoms with van der Waals surface area (Å²) < 4.78 is 14.3. The van der Waals surface area contributed by atoms with E-state index in [4.69, 9.17) is 9.47 Å². The number of carbonyl (C=O) groups excluding carboxylic acids is 4. The third-order valence-corrected chi connectivity index (χ3v) is 9.96. The number of ether oxygens (including phenoxy) is 2. The summed E-state index contributed by atoms with van der Waals surface area (Å²) in [6, 6.07) is 14.6. The molecule has 14 heteroatoms. The van der Waals surface area contributed by atoms with E-state index in [0.29, 0.717) is 21.9 Å². The summed E-state index contributed by atoms with van der Waals surface area (Å²) in [6.45, 7) is -0.497. The molecule has 0 saturated carbocycles. The van der Waals surface area contributed by atoms with Gasteiger partial charge in [-0.15, -0.1) is 5.10 Å². The number of hydrogen-bond acceptors (Lipinski definition) is 9. The number of β-amino-alcohol motifs (C(OH)–C–C–N with tert-alkyl or cyclic N) is 1. The number of para-hydroxylation sites is 1. The monoisotopic (exact) mass is 704 g/mol. The highest BCUT2D eigenvalue weighted by Gasteiger charge is 2.74. The van der Waals surface area contributed by atoms with Crippen molar-refractivity contribution >= 4 is 50.7 Å². The van der Waals surface area contributed by atoms with Crippen LogP contribution in [-0.4, -0.2) is 97.6 Å². The second-order valence-electron chi connectivity index (χ2n) is 12.0. The summed E-state index contributed by atoms with van der Waals surface area (Å²) in [4.78, 5) is 58.7.